The highest BCUT2D eigenvalue weighted by atomic mass is 32.1. The van der Waals surface area contributed by atoms with Gasteiger partial charge in [0.25, 0.3) is 0 Å². The molecule has 0 saturated heterocycles. The molecule has 0 radical (unpaired) electrons. The summed E-state index contributed by atoms with van der Waals surface area (Å²) in [4.78, 5) is 0. The second-order valence-electron chi connectivity index (χ2n) is 9.96. The van der Waals surface area contributed by atoms with Crippen LogP contribution in [0.25, 0.3) is 64.0 Å². The van der Waals surface area contributed by atoms with E-state index >= 15 is 0 Å². The van der Waals surface area contributed by atoms with Gasteiger partial charge in [-0.1, -0.05) is 117 Å². The normalized spacial score (nSPS) is 11.9. The van der Waals surface area contributed by atoms with Crippen LogP contribution in [0.15, 0.2) is 115 Å². The van der Waals surface area contributed by atoms with E-state index in [1.807, 2.05) is 11.3 Å². The van der Waals surface area contributed by atoms with Crippen molar-refractivity contribution >= 4 is 53.1 Å². The van der Waals surface area contributed by atoms with Crippen molar-refractivity contribution in [2.45, 2.75) is 19.8 Å². The van der Waals surface area contributed by atoms with Crippen molar-refractivity contribution < 1.29 is 0 Å². The Hall–Kier alpha value is -3.94. The van der Waals surface area contributed by atoms with Crippen LogP contribution in [-0.4, -0.2) is 0 Å². The summed E-state index contributed by atoms with van der Waals surface area (Å²) in [5.41, 5.74) is 6.52. The first kappa shape index (κ1) is 21.4. The molecule has 1 aromatic heterocycles. The highest BCUT2D eigenvalue weighted by Crippen LogP contribution is 2.41. The van der Waals surface area contributed by atoms with E-state index in [0.717, 1.165) is 0 Å². The van der Waals surface area contributed by atoms with Crippen LogP contribution in [0, 0.1) is 0 Å². The lowest BCUT2D eigenvalue weighted by Crippen LogP contribution is -1.89. The lowest BCUT2D eigenvalue weighted by Gasteiger charge is -2.14. The van der Waals surface area contributed by atoms with Gasteiger partial charge in [-0.25, -0.2) is 0 Å². The van der Waals surface area contributed by atoms with E-state index in [4.69, 9.17) is 0 Å². The maximum atomic E-state index is 2.38. The lowest BCUT2D eigenvalue weighted by atomic mass is 9.90. The highest BCUT2D eigenvalue weighted by molar-refractivity contribution is 7.26. The Kier molecular flexibility index (Phi) is 4.94. The average molecular weight is 479 g/mol. The molecule has 0 aliphatic carbocycles. The predicted molar refractivity (Wildman–Crippen MR) is 159 cm³/mol. The quantitative estimate of drug-likeness (QED) is 0.222. The van der Waals surface area contributed by atoms with Gasteiger partial charge in [-0.05, 0) is 67.4 Å². The van der Waals surface area contributed by atoms with Gasteiger partial charge in [0, 0.05) is 20.2 Å². The van der Waals surface area contributed by atoms with Gasteiger partial charge in [0.1, 0.15) is 0 Å². The van der Waals surface area contributed by atoms with Crippen LogP contribution in [0.3, 0.4) is 0 Å². The number of fused-ring (bicyclic) bond motifs is 6. The standard InChI is InChI=1S/C35H26S/c1-22(2)25-18-19-26-21-32(28-8-3-4-9-29(28)33(26)20-25)24-16-14-23(15-17-24)27-11-7-12-31-30-10-5-6-13-34(30)36-35(27)31/h3-22H,1-2H3. The molecule has 1 heteroatoms. The van der Waals surface area contributed by atoms with Gasteiger partial charge in [0.15, 0.2) is 0 Å². The molecular weight excluding hydrogens is 452 g/mol. The molecule has 7 rings (SSSR count). The molecule has 0 atom stereocenters. The molecule has 0 saturated carbocycles. The van der Waals surface area contributed by atoms with E-state index in [1.54, 1.807) is 0 Å². The Morgan fingerprint density at radius 3 is 1.94 bits per heavy atom. The van der Waals surface area contributed by atoms with Crippen LogP contribution in [0.1, 0.15) is 25.3 Å². The molecule has 0 nitrogen and oxygen atoms in total. The lowest BCUT2D eigenvalue weighted by molar-refractivity contribution is 0.869. The zero-order valence-corrected chi connectivity index (χ0v) is 21.3. The van der Waals surface area contributed by atoms with E-state index in [-0.39, 0.29) is 0 Å². The Labute approximate surface area is 215 Å². The van der Waals surface area contributed by atoms with Gasteiger partial charge < -0.3 is 0 Å². The second-order valence-corrected chi connectivity index (χ2v) is 11.0. The van der Waals surface area contributed by atoms with Gasteiger partial charge >= 0.3 is 0 Å². The first-order valence-electron chi connectivity index (χ1n) is 12.6. The van der Waals surface area contributed by atoms with E-state index in [0.29, 0.717) is 5.92 Å². The molecule has 0 amide bonds. The molecule has 0 aliphatic heterocycles. The molecule has 172 valence electrons. The van der Waals surface area contributed by atoms with Crippen LogP contribution < -0.4 is 0 Å². The molecule has 1 heterocycles. The number of thiophene rings is 1. The van der Waals surface area contributed by atoms with Gasteiger partial charge in [-0.15, -0.1) is 11.3 Å². The van der Waals surface area contributed by atoms with Crippen molar-refractivity contribution in [2.24, 2.45) is 0 Å². The first-order valence-corrected chi connectivity index (χ1v) is 13.5. The van der Waals surface area contributed by atoms with Crippen molar-refractivity contribution in [3.8, 4) is 22.3 Å². The number of rotatable bonds is 3. The highest BCUT2D eigenvalue weighted by Gasteiger charge is 2.12. The van der Waals surface area contributed by atoms with Gasteiger partial charge in [-0.3, -0.25) is 0 Å². The summed E-state index contributed by atoms with van der Waals surface area (Å²) in [6.07, 6.45) is 0. The van der Waals surface area contributed by atoms with Gasteiger partial charge in [0.05, 0.1) is 0 Å². The van der Waals surface area contributed by atoms with Crippen LogP contribution in [0.2, 0.25) is 0 Å². The van der Waals surface area contributed by atoms with Crippen molar-refractivity contribution in [3.63, 3.8) is 0 Å². The smallest absolute Gasteiger partial charge is 0.0433 e. The predicted octanol–water partition coefficient (Wildman–Crippen LogP) is 10.8. The largest absolute Gasteiger partial charge is 0.135 e. The first-order chi connectivity index (χ1) is 17.7. The molecule has 0 fully saturated rings. The van der Waals surface area contributed by atoms with Crippen LogP contribution in [-0.2, 0) is 0 Å². The van der Waals surface area contributed by atoms with Gasteiger partial charge in [-0.2, -0.15) is 0 Å². The fourth-order valence-corrected chi connectivity index (χ4v) is 6.76. The topological polar surface area (TPSA) is 0 Å². The molecule has 0 spiro atoms. The SMILES string of the molecule is CC(C)c1ccc2cc(-c3ccc(-c4cccc5c4sc4ccccc45)cc3)c3ccccc3c2c1. The van der Waals surface area contributed by atoms with Gasteiger partial charge in [0.2, 0.25) is 0 Å². The molecule has 6 aromatic carbocycles. The van der Waals surface area contributed by atoms with Crippen LogP contribution in [0.4, 0.5) is 0 Å². The summed E-state index contributed by atoms with van der Waals surface area (Å²) < 4.78 is 2.71. The fourth-order valence-electron chi connectivity index (χ4n) is 5.52. The molecule has 7 aromatic rings. The maximum absolute atomic E-state index is 2.38. The fraction of sp³-hybridized carbons (Fsp3) is 0.0857. The summed E-state index contributed by atoms with van der Waals surface area (Å²) in [7, 11) is 0. The van der Waals surface area contributed by atoms with Crippen LogP contribution in [0.5, 0.6) is 0 Å². The summed E-state index contributed by atoms with van der Waals surface area (Å²) in [6.45, 7) is 4.52. The Bertz CT molecular complexity index is 1900. The Balaban J connectivity index is 1.38. The minimum atomic E-state index is 0.519. The van der Waals surface area contributed by atoms with Crippen molar-refractivity contribution in [3.05, 3.63) is 121 Å². The van der Waals surface area contributed by atoms with Crippen molar-refractivity contribution in [2.75, 3.05) is 0 Å². The van der Waals surface area contributed by atoms with E-state index in [2.05, 4.69) is 129 Å². The third kappa shape index (κ3) is 3.35. The summed E-state index contributed by atoms with van der Waals surface area (Å²) in [5.74, 6) is 0.519. The molecular formula is C35H26S. The van der Waals surface area contributed by atoms with Crippen LogP contribution >= 0.6 is 11.3 Å². The van der Waals surface area contributed by atoms with E-state index in [9.17, 15) is 0 Å². The Morgan fingerprint density at radius 2 is 1.17 bits per heavy atom. The number of benzene rings is 6. The minimum absolute atomic E-state index is 0.519. The van der Waals surface area contributed by atoms with Crippen molar-refractivity contribution in [1.82, 2.24) is 0 Å². The third-order valence-corrected chi connectivity index (χ3v) is 8.68. The monoisotopic (exact) mass is 478 g/mol. The molecule has 0 unspecified atom stereocenters. The van der Waals surface area contributed by atoms with E-state index in [1.165, 1.54) is 69.5 Å². The Morgan fingerprint density at radius 1 is 0.500 bits per heavy atom. The zero-order valence-electron chi connectivity index (χ0n) is 20.5. The maximum Gasteiger partial charge on any atom is 0.0433 e. The second kappa shape index (κ2) is 8.33. The molecule has 0 aliphatic rings. The minimum Gasteiger partial charge on any atom is -0.135 e. The summed E-state index contributed by atoms with van der Waals surface area (Å²) >= 11 is 1.89. The molecule has 0 bridgehead atoms. The third-order valence-electron chi connectivity index (χ3n) is 7.46. The average Bonchev–Trinajstić information content (AvgIpc) is 3.31. The zero-order chi connectivity index (χ0) is 24.2. The van der Waals surface area contributed by atoms with Crippen molar-refractivity contribution in [1.29, 1.82) is 0 Å². The molecule has 0 N–H and O–H groups in total. The summed E-state index contributed by atoms with van der Waals surface area (Å²) in [6, 6.07) is 42.7. The summed E-state index contributed by atoms with van der Waals surface area (Å²) in [5, 5.41) is 7.97. The molecule has 36 heavy (non-hydrogen) atoms. The van der Waals surface area contributed by atoms with E-state index < -0.39 is 0 Å². The number of hydrogen-bond donors (Lipinski definition) is 0. The number of hydrogen-bond acceptors (Lipinski definition) is 1.